The van der Waals surface area contributed by atoms with Crippen molar-refractivity contribution >= 4 is 19.7 Å². The van der Waals surface area contributed by atoms with Gasteiger partial charge in [0, 0.05) is 29.1 Å². The van der Waals surface area contributed by atoms with Crippen molar-refractivity contribution in [3.8, 4) is 5.88 Å². The lowest BCUT2D eigenvalue weighted by molar-refractivity contribution is 0.299. The number of halogens is 1. The van der Waals surface area contributed by atoms with Gasteiger partial charge in [-0.1, -0.05) is 0 Å². The quantitative estimate of drug-likeness (QED) is 0.605. The van der Waals surface area contributed by atoms with Gasteiger partial charge in [0.05, 0.1) is 12.8 Å². The number of aryl methyl sites for hydroxylation is 1. The predicted molar refractivity (Wildman–Crippen MR) is 75.3 cm³/mol. The average Bonchev–Trinajstić information content (AvgIpc) is 2.44. The van der Waals surface area contributed by atoms with Crippen molar-refractivity contribution < 1.29 is 13.2 Å². The Balaban J connectivity index is 1.80. The van der Waals surface area contributed by atoms with Crippen LogP contribution in [-0.4, -0.2) is 25.0 Å². The number of aromatic nitrogens is 2. The van der Waals surface area contributed by atoms with E-state index in [2.05, 4.69) is 9.97 Å². The molecule has 2 aromatic heterocycles. The third kappa shape index (κ3) is 4.47. The second-order valence-electron chi connectivity index (χ2n) is 4.08. The van der Waals surface area contributed by atoms with Gasteiger partial charge in [-0.3, -0.25) is 4.98 Å². The van der Waals surface area contributed by atoms with Gasteiger partial charge in [-0.25, -0.2) is 13.4 Å². The van der Waals surface area contributed by atoms with E-state index in [4.69, 9.17) is 15.4 Å². The number of ether oxygens (including phenoxy) is 1. The van der Waals surface area contributed by atoms with E-state index in [0.717, 1.165) is 12.8 Å². The van der Waals surface area contributed by atoms with Gasteiger partial charge in [-0.2, -0.15) is 0 Å². The molecule has 0 unspecified atom stereocenters. The number of nitrogens with zero attached hydrogens (tertiary/aromatic N) is 2. The summed E-state index contributed by atoms with van der Waals surface area (Å²) in [6, 6.07) is 6.77. The predicted octanol–water partition coefficient (Wildman–Crippen LogP) is 2.42. The SMILES string of the molecule is O=S(=O)(Cl)c1ccc(OCCCc2ccncc2)nc1. The zero-order chi connectivity index (χ0) is 14.4. The van der Waals surface area contributed by atoms with E-state index in [0.29, 0.717) is 12.5 Å². The summed E-state index contributed by atoms with van der Waals surface area (Å²) in [4.78, 5) is 7.80. The van der Waals surface area contributed by atoms with Crippen LogP contribution in [0.15, 0.2) is 47.8 Å². The van der Waals surface area contributed by atoms with Crippen molar-refractivity contribution in [1.82, 2.24) is 9.97 Å². The molecule has 2 rings (SSSR count). The number of rotatable bonds is 6. The largest absolute Gasteiger partial charge is 0.478 e. The fourth-order valence-electron chi connectivity index (χ4n) is 1.60. The molecule has 0 radical (unpaired) electrons. The second-order valence-corrected chi connectivity index (χ2v) is 6.64. The highest BCUT2D eigenvalue weighted by molar-refractivity contribution is 8.13. The highest BCUT2D eigenvalue weighted by Gasteiger charge is 2.10. The number of hydrogen-bond acceptors (Lipinski definition) is 5. The van der Waals surface area contributed by atoms with E-state index >= 15 is 0 Å². The fraction of sp³-hybridized carbons (Fsp3) is 0.231. The first-order valence-electron chi connectivity index (χ1n) is 5.98. The second kappa shape index (κ2) is 6.67. The van der Waals surface area contributed by atoms with E-state index < -0.39 is 9.05 Å². The summed E-state index contributed by atoms with van der Waals surface area (Å²) in [5.41, 5.74) is 1.19. The van der Waals surface area contributed by atoms with Crippen LogP contribution < -0.4 is 4.74 Å². The Bertz CT molecular complexity index is 645. The molecule has 0 aliphatic carbocycles. The first-order valence-corrected chi connectivity index (χ1v) is 8.29. The summed E-state index contributed by atoms with van der Waals surface area (Å²) in [6.45, 7) is 0.502. The molecule has 2 heterocycles. The molecule has 5 nitrogen and oxygen atoms in total. The van der Waals surface area contributed by atoms with Gasteiger partial charge in [-0.05, 0) is 36.6 Å². The standard InChI is InChI=1S/C13H13ClN2O3S/c14-20(17,18)12-3-4-13(16-10-12)19-9-1-2-11-5-7-15-8-6-11/h3-8,10H,1-2,9H2. The summed E-state index contributed by atoms with van der Waals surface area (Å²) < 4.78 is 27.5. The minimum Gasteiger partial charge on any atom is -0.478 e. The van der Waals surface area contributed by atoms with Gasteiger partial charge in [0.15, 0.2) is 0 Å². The molecule has 2 aromatic rings. The summed E-state index contributed by atoms with van der Waals surface area (Å²) in [6.07, 6.45) is 6.41. The first kappa shape index (κ1) is 14.7. The third-order valence-electron chi connectivity index (χ3n) is 2.60. The fourth-order valence-corrected chi connectivity index (χ4v) is 2.28. The van der Waals surface area contributed by atoms with Crippen LogP contribution in [0, 0.1) is 0 Å². The van der Waals surface area contributed by atoms with Gasteiger partial charge in [0.2, 0.25) is 5.88 Å². The molecular formula is C13H13ClN2O3S. The van der Waals surface area contributed by atoms with Crippen LogP contribution in [0.3, 0.4) is 0 Å². The molecule has 0 N–H and O–H groups in total. The molecule has 0 saturated carbocycles. The molecule has 0 aromatic carbocycles. The minimum absolute atomic E-state index is 0.0386. The average molecular weight is 313 g/mol. The molecule has 0 aliphatic rings. The molecule has 0 saturated heterocycles. The van der Waals surface area contributed by atoms with Crippen molar-refractivity contribution in [1.29, 1.82) is 0 Å². The molecule has 0 bridgehead atoms. The van der Waals surface area contributed by atoms with Crippen LogP contribution in [-0.2, 0) is 15.5 Å². The first-order chi connectivity index (χ1) is 9.55. The van der Waals surface area contributed by atoms with E-state index in [-0.39, 0.29) is 4.90 Å². The maximum absolute atomic E-state index is 11.0. The molecule has 106 valence electrons. The Labute approximate surface area is 122 Å². The lowest BCUT2D eigenvalue weighted by Gasteiger charge is -2.05. The normalized spacial score (nSPS) is 11.2. The van der Waals surface area contributed by atoms with E-state index in [9.17, 15) is 8.42 Å². The Hall–Kier alpha value is -1.66. The lowest BCUT2D eigenvalue weighted by atomic mass is 10.1. The van der Waals surface area contributed by atoms with Gasteiger partial charge in [0.25, 0.3) is 9.05 Å². The van der Waals surface area contributed by atoms with E-state index in [1.54, 1.807) is 12.4 Å². The van der Waals surface area contributed by atoms with E-state index in [1.165, 1.54) is 23.9 Å². The topological polar surface area (TPSA) is 69.2 Å². The number of pyridine rings is 2. The Morgan fingerprint density at radius 3 is 2.50 bits per heavy atom. The van der Waals surface area contributed by atoms with Crippen molar-refractivity contribution in [3.05, 3.63) is 48.4 Å². The summed E-state index contributed by atoms with van der Waals surface area (Å²) in [5.74, 6) is 0.379. The molecule has 0 fully saturated rings. The minimum atomic E-state index is -3.73. The lowest BCUT2D eigenvalue weighted by Crippen LogP contribution is -2.01. The molecule has 0 spiro atoms. The Morgan fingerprint density at radius 1 is 1.15 bits per heavy atom. The maximum atomic E-state index is 11.0. The Kier molecular flexibility index (Phi) is 4.92. The zero-order valence-corrected chi connectivity index (χ0v) is 12.1. The van der Waals surface area contributed by atoms with Crippen molar-refractivity contribution in [2.24, 2.45) is 0 Å². The van der Waals surface area contributed by atoms with Crippen molar-refractivity contribution in [2.45, 2.75) is 17.7 Å². The van der Waals surface area contributed by atoms with Gasteiger partial charge < -0.3 is 4.74 Å². The van der Waals surface area contributed by atoms with Crippen molar-refractivity contribution in [2.75, 3.05) is 6.61 Å². The molecular weight excluding hydrogens is 300 g/mol. The number of hydrogen-bond donors (Lipinski definition) is 0. The van der Waals surface area contributed by atoms with Crippen LogP contribution in [0.2, 0.25) is 0 Å². The highest BCUT2D eigenvalue weighted by Crippen LogP contribution is 2.16. The van der Waals surface area contributed by atoms with Gasteiger partial charge >= 0.3 is 0 Å². The molecule has 0 atom stereocenters. The molecule has 0 amide bonds. The van der Waals surface area contributed by atoms with Gasteiger partial charge in [0.1, 0.15) is 4.90 Å². The maximum Gasteiger partial charge on any atom is 0.262 e. The monoisotopic (exact) mass is 312 g/mol. The summed E-state index contributed by atoms with van der Waals surface area (Å²) in [7, 11) is 1.46. The molecule has 20 heavy (non-hydrogen) atoms. The molecule has 7 heteroatoms. The van der Waals surface area contributed by atoms with E-state index in [1.807, 2.05) is 12.1 Å². The zero-order valence-electron chi connectivity index (χ0n) is 10.6. The molecule has 0 aliphatic heterocycles. The van der Waals surface area contributed by atoms with Crippen LogP contribution in [0.5, 0.6) is 5.88 Å². The third-order valence-corrected chi connectivity index (χ3v) is 3.94. The van der Waals surface area contributed by atoms with Crippen LogP contribution in [0.4, 0.5) is 0 Å². The Morgan fingerprint density at radius 2 is 1.90 bits per heavy atom. The van der Waals surface area contributed by atoms with Crippen LogP contribution in [0.25, 0.3) is 0 Å². The van der Waals surface area contributed by atoms with Crippen LogP contribution >= 0.6 is 10.7 Å². The summed E-state index contributed by atoms with van der Waals surface area (Å²) >= 11 is 0. The highest BCUT2D eigenvalue weighted by atomic mass is 35.7. The smallest absolute Gasteiger partial charge is 0.262 e. The van der Waals surface area contributed by atoms with Gasteiger partial charge in [-0.15, -0.1) is 0 Å². The van der Waals surface area contributed by atoms with Crippen LogP contribution in [0.1, 0.15) is 12.0 Å². The van der Waals surface area contributed by atoms with Crippen molar-refractivity contribution in [3.63, 3.8) is 0 Å². The summed E-state index contributed by atoms with van der Waals surface area (Å²) in [5, 5.41) is 0.